The molecule has 1 aromatic carbocycles. The van der Waals surface area contributed by atoms with E-state index in [0.717, 1.165) is 19.4 Å². The first-order chi connectivity index (χ1) is 8.59. The van der Waals surface area contributed by atoms with Gasteiger partial charge in [-0.15, -0.1) is 0 Å². The Morgan fingerprint density at radius 3 is 2.94 bits per heavy atom. The van der Waals surface area contributed by atoms with E-state index in [1.54, 1.807) is 6.92 Å². The summed E-state index contributed by atoms with van der Waals surface area (Å²) in [6, 6.07) is 8.14. The van der Waals surface area contributed by atoms with Crippen molar-refractivity contribution in [2.75, 3.05) is 13.6 Å². The zero-order valence-electron chi connectivity index (χ0n) is 11.1. The maximum Gasteiger partial charge on any atom is 0.320 e. The lowest BCUT2D eigenvalue weighted by molar-refractivity contribution is -0.142. The fourth-order valence-electron chi connectivity index (χ4n) is 2.74. The molecule has 0 aliphatic heterocycles. The predicted octanol–water partition coefficient (Wildman–Crippen LogP) is 2.51. The van der Waals surface area contributed by atoms with Gasteiger partial charge < -0.3 is 5.11 Å². The van der Waals surface area contributed by atoms with E-state index in [-0.39, 0.29) is 0 Å². The summed E-state index contributed by atoms with van der Waals surface area (Å²) in [7, 11) is 1.90. The van der Waals surface area contributed by atoms with Crippen LogP contribution in [0, 0.1) is 0 Å². The number of fused-ring (bicyclic) bond motifs is 1. The van der Waals surface area contributed by atoms with Gasteiger partial charge in [0, 0.05) is 6.54 Å². The number of hydrogen-bond acceptors (Lipinski definition) is 2. The van der Waals surface area contributed by atoms with E-state index in [9.17, 15) is 4.79 Å². The number of rotatable bonds is 4. The zero-order chi connectivity index (χ0) is 13.1. The molecule has 0 bridgehead atoms. The number of carbonyl (C=O) groups is 1. The molecule has 0 heterocycles. The maximum atomic E-state index is 11.0. The molecule has 2 unspecified atom stereocenters. The Balaban J connectivity index is 2.09. The van der Waals surface area contributed by atoms with Gasteiger partial charge in [-0.1, -0.05) is 24.3 Å². The van der Waals surface area contributed by atoms with Gasteiger partial charge >= 0.3 is 5.97 Å². The van der Waals surface area contributed by atoms with Crippen LogP contribution < -0.4 is 0 Å². The number of nitrogens with zero attached hydrogens (tertiary/aromatic N) is 1. The van der Waals surface area contributed by atoms with E-state index < -0.39 is 12.0 Å². The van der Waals surface area contributed by atoms with Crippen molar-refractivity contribution in [3.05, 3.63) is 35.4 Å². The van der Waals surface area contributed by atoms with Crippen molar-refractivity contribution >= 4 is 5.97 Å². The molecule has 0 saturated carbocycles. The smallest absolute Gasteiger partial charge is 0.320 e. The quantitative estimate of drug-likeness (QED) is 0.888. The summed E-state index contributed by atoms with van der Waals surface area (Å²) < 4.78 is 0. The maximum absolute atomic E-state index is 11.0. The largest absolute Gasteiger partial charge is 0.480 e. The molecule has 2 atom stereocenters. The summed E-state index contributed by atoms with van der Waals surface area (Å²) in [6.45, 7) is 2.57. The van der Waals surface area contributed by atoms with Crippen molar-refractivity contribution in [2.45, 2.75) is 38.1 Å². The van der Waals surface area contributed by atoms with Gasteiger partial charge in [0.15, 0.2) is 0 Å². The van der Waals surface area contributed by atoms with Crippen LogP contribution in [0.15, 0.2) is 24.3 Å². The Morgan fingerprint density at radius 1 is 1.50 bits per heavy atom. The second kappa shape index (κ2) is 5.53. The Labute approximate surface area is 108 Å². The minimum absolute atomic E-state index is 0.418. The molecule has 0 radical (unpaired) electrons. The van der Waals surface area contributed by atoms with Crippen LogP contribution in [0.4, 0.5) is 0 Å². The number of carboxylic acid groups (broad SMARTS) is 1. The van der Waals surface area contributed by atoms with Gasteiger partial charge in [-0.25, -0.2) is 0 Å². The number of aryl methyl sites for hydroxylation is 1. The fourth-order valence-corrected chi connectivity index (χ4v) is 2.74. The molecule has 1 aromatic rings. The Hall–Kier alpha value is -1.35. The normalized spacial score (nSPS) is 20.5. The first kappa shape index (κ1) is 13.1. The Bertz CT molecular complexity index is 430. The summed E-state index contributed by atoms with van der Waals surface area (Å²) in [4.78, 5) is 12.9. The van der Waals surface area contributed by atoms with Gasteiger partial charge in [-0.3, -0.25) is 9.69 Å². The highest BCUT2D eigenvalue weighted by Crippen LogP contribution is 2.32. The monoisotopic (exact) mass is 247 g/mol. The van der Waals surface area contributed by atoms with Crippen LogP contribution in [0.2, 0.25) is 0 Å². The van der Waals surface area contributed by atoms with E-state index in [0.29, 0.717) is 5.92 Å². The molecule has 3 heteroatoms. The Kier molecular flexibility index (Phi) is 4.02. The van der Waals surface area contributed by atoms with Crippen LogP contribution >= 0.6 is 0 Å². The minimum atomic E-state index is -0.749. The number of likely N-dealkylation sites (N-methyl/N-ethyl adjacent to an activating group) is 1. The highest BCUT2D eigenvalue weighted by atomic mass is 16.4. The lowest BCUT2D eigenvalue weighted by Crippen LogP contribution is -2.38. The molecule has 18 heavy (non-hydrogen) atoms. The lowest BCUT2D eigenvalue weighted by Gasteiger charge is -2.31. The highest BCUT2D eigenvalue weighted by molar-refractivity contribution is 5.72. The van der Waals surface area contributed by atoms with Crippen molar-refractivity contribution in [1.82, 2.24) is 4.90 Å². The molecule has 2 rings (SSSR count). The number of benzene rings is 1. The summed E-state index contributed by atoms with van der Waals surface area (Å²) in [6.07, 6.45) is 3.52. The summed E-state index contributed by atoms with van der Waals surface area (Å²) in [5.41, 5.74) is 2.85. The molecule has 0 fully saturated rings. The van der Waals surface area contributed by atoms with Crippen LogP contribution in [0.25, 0.3) is 0 Å². The SMILES string of the molecule is CC(C(=O)O)N(C)CC1CCCc2ccccc21. The van der Waals surface area contributed by atoms with Crippen LogP contribution in [0.1, 0.15) is 36.8 Å². The third-order valence-electron chi connectivity index (χ3n) is 4.02. The topological polar surface area (TPSA) is 40.5 Å². The van der Waals surface area contributed by atoms with Crippen molar-refractivity contribution in [1.29, 1.82) is 0 Å². The Morgan fingerprint density at radius 2 is 2.22 bits per heavy atom. The van der Waals surface area contributed by atoms with Crippen LogP contribution in [0.3, 0.4) is 0 Å². The first-order valence-electron chi connectivity index (χ1n) is 6.60. The molecule has 1 aliphatic rings. The first-order valence-corrected chi connectivity index (χ1v) is 6.60. The molecule has 0 amide bonds. The molecule has 98 valence electrons. The standard InChI is InChI=1S/C15H21NO2/c1-11(15(17)18)16(2)10-13-8-5-7-12-6-3-4-9-14(12)13/h3-4,6,9,11,13H,5,7-8,10H2,1-2H3,(H,17,18). The van der Waals surface area contributed by atoms with Gasteiger partial charge in [-0.05, 0) is 50.3 Å². The van der Waals surface area contributed by atoms with Crippen molar-refractivity contribution in [2.24, 2.45) is 0 Å². The van der Waals surface area contributed by atoms with E-state index in [2.05, 4.69) is 24.3 Å². The van der Waals surface area contributed by atoms with Crippen LogP contribution in [0.5, 0.6) is 0 Å². The summed E-state index contributed by atoms with van der Waals surface area (Å²) in [5, 5.41) is 9.04. The lowest BCUT2D eigenvalue weighted by atomic mass is 9.82. The molecular formula is C15H21NO2. The minimum Gasteiger partial charge on any atom is -0.480 e. The van der Waals surface area contributed by atoms with Crippen molar-refractivity contribution in [3.63, 3.8) is 0 Å². The molecule has 0 aromatic heterocycles. The molecule has 1 N–H and O–H groups in total. The fraction of sp³-hybridized carbons (Fsp3) is 0.533. The third-order valence-corrected chi connectivity index (χ3v) is 4.02. The third kappa shape index (κ3) is 2.72. The second-order valence-corrected chi connectivity index (χ2v) is 5.24. The van der Waals surface area contributed by atoms with Gasteiger partial charge in [-0.2, -0.15) is 0 Å². The van der Waals surface area contributed by atoms with Gasteiger partial charge in [0.1, 0.15) is 6.04 Å². The van der Waals surface area contributed by atoms with Gasteiger partial charge in [0.05, 0.1) is 0 Å². The molecule has 0 spiro atoms. The van der Waals surface area contributed by atoms with Gasteiger partial charge in [0.25, 0.3) is 0 Å². The van der Waals surface area contributed by atoms with E-state index >= 15 is 0 Å². The molecular weight excluding hydrogens is 226 g/mol. The van der Waals surface area contributed by atoms with Gasteiger partial charge in [0.2, 0.25) is 0 Å². The van der Waals surface area contributed by atoms with E-state index in [1.165, 1.54) is 17.5 Å². The molecule has 0 saturated heterocycles. The van der Waals surface area contributed by atoms with Crippen molar-refractivity contribution < 1.29 is 9.90 Å². The van der Waals surface area contributed by atoms with E-state index in [1.807, 2.05) is 11.9 Å². The number of hydrogen-bond donors (Lipinski definition) is 1. The summed E-state index contributed by atoms with van der Waals surface area (Å²) in [5.74, 6) is -0.275. The predicted molar refractivity (Wildman–Crippen MR) is 71.8 cm³/mol. The average molecular weight is 247 g/mol. The number of aliphatic carboxylic acids is 1. The van der Waals surface area contributed by atoms with Crippen LogP contribution in [-0.2, 0) is 11.2 Å². The zero-order valence-corrected chi connectivity index (χ0v) is 11.1. The van der Waals surface area contributed by atoms with Crippen LogP contribution in [-0.4, -0.2) is 35.6 Å². The highest BCUT2D eigenvalue weighted by Gasteiger charge is 2.24. The average Bonchev–Trinajstić information content (AvgIpc) is 2.38. The molecule has 3 nitrogen and oxygen atoms in total. The number of carboxylic acids is 1. The van der Waals surface area contributed by atoms with Crippen molar-refractivity contribution in [3.8, 4) is 0 Å². The summed E-state index contributed by atoms with van der Waals surface area (Å²) >= 11 is 0. The second-order valence-electron chi connectivity index (χ2n) is 5.24. The van der Waals surface area contributed by atoms with E-state index in [4.69, 9.17) is 5.11 Å². The molecule has 1 aliphatic carbocycles.